The fourth-order valence-electron chi connectivity index (χ4n) is 0.102. The van der Waals surface area contributed by atoms with E-state index in [2.05, 4.69) is 11.7 Å². The first kappa shape index (κ1) is 15.8. The second kappa shape index (κ2) is 10.5. The van der Waals surface area contributed by atoms with Gasteiger partial charge in [0, 0.05) is 19.5 Å². The molecular weight excluding hydrogens is 225 g/mol. The van der Waals surface area contributed by atoms with E-state index < -0.39 is 0 Å². The molecule has 8 heavy (non-hydrogen) atoms. The van der Waals surface area contributed by atoms with Gasteiger partial charge in [-0.1, -0.05) is 6.42 Å². The molecule has 46 valence electrons. The predicted molar refractivity (Wildman–Crippen MR) is 32.3 cm³/mol. The fourth-order valence-corrected chi connectivity index (χ4v) is 0.102. The summed E-state index contributed by atoms with van der Waals surface area (Å²) in [6, 6.07) is 0. The van der Waals surface area contributed by atoms with E-state index >= 15 is 0 Å². The number of rotatable bonds is 1. The van der Waals surface area contributed by atoms with Crippen LogP contribution in [0.4, 0.5) is 0 Å². The van der Waals surface area contributed by atoms with E-state index in [4.69, 9.17) is 0 Å². The minimum absolute atomic E-state index is 0. The Morgan fingerprint density at radius 2 is 2.12 bits per heavy atom. The van der Waals surface area contributed by atoms with Crippen LogP contribution in [0.25, 0.3) is 0 Å². The van der Waals surface area contributed by atoms with E-state index in [-0.39, 0.29) is 48.8 Å². The van der Waals surface area contributed by atoms with Crippen molar-refractivity contribution in [1.82, 2.24) is 0 Å². The van der Waals surface area contributed by atoms with Crippen LogP contribution in [0.2, 0.25) is 0 Å². The second-order valence-electron chi connectivity index (χ2n) is 0.826. The Hall–Kier alpha value is 0.573. The van der Waals surface area contributed by atoms with Gasteiger partial charge in [-0.2, -0.15) is 0 Å². The molecule has 0 bridgehead atoms. The molecule has 2 nitrogen and oxygen atoms in total. The average Bonchev–Trinajstić information content (AvgIpc) is 1.65. The molecule has 0 saturated carbocycles. The van der Waals surface area contributed by atoms with Crippen molar-refractivity contribution in [3.05, 3.63) is 6.92 Å². The zero-order valence-corrected chi connectivity index (χ0v) is 9.53. The van der Waals surface area contributed by atoms with Crippen LogP contribution in [0.3, 0.4) is 0 Å². The number of carbonyl (C=O) groups excluding carboxylic acids is 1. The quantitative estimate of drug-likeness (QED) is 0.383. The zero-order valence-electron chi connectivity index (χ0n) is 4.85. The van der Waals surface area contributed by atoms with Crippen LogP contribution in [0.15, 0.2) is 0 Å². The van der Waals surface area contributed by atoms with Crippen LogP contribution in [0, 0.1) is 6.92 Å². The molecule has 0 amide bonds. The number of esters is 1. The van der Waals surface area contributed by atoms with Gasteiger partial charge in [-0.15, -0.1) is 17.0 Å². The van der Waals surface area contributed by atoms with Crippen molar-refractivity contribution in [2.24, 2.45) is 0 Å². The third-order valence-electron chi connectivity index (χ3n) is 0.432. The molecule has 0 aromatic carbocycles. The molecule has 0 aliphatic heterocycles. The van der Waals surface area contributed by atoms with Gasteiger partial charge in [-0.05, 0) is 0 Å². The molecule has 0 rings (SSSR count). The number of halogens is 1. The molecule has 0 spiro atoms. The maximum Gasteiger partial charge on any atom is 0.275 e. The van der Waals surface area contributed by atoms with Gasteiger partial charge < -0.3 is 11.7 Å². The van der Waals surface area contributed by atoms with E-state index in [1.54, 1.807) is 0 Å². The van der Waals surface area contributed by atoms with E-state index in [9.17, 15) is 4.79 Å². The minimum atomic E-state index is -0.269. The molecule has 0 unspecified atom stereocenters. The number of hydrogen-bond acceptors (Lipinski definition) is 2. The smallest absolute Gasteiger partial charge is 0.275 e. The predicted octanol–water partition coefficient (Wildman–Crippen LogP) is 0.959. The molecule has 0 aliphatic carbocycles. The number of hydrogen-bond donors (Lipinski definition) is 0. The van der Waals surface area contributed by atoms with E-state index in [0.29, 0.717) is 0 Å². The fraction of sp³-hybridized carbons (Fsp3) is 0.500. The van der Waals surface area contributed by atoms with Crippen LogP contribution < -0.4 is 0 Å². The minimum Gasteiger partial charge on any atom is -0.471 e. The van der Waals surface area contributed by atoms with Gasteiger partial charge in [0.2, 0.25) is 0 Å². The van der Waals surface area contributed by atoms with Crippen LogP contribution in [-0.4, -0.2) is 13.1 Å². The molecule has 0 atom stereocenters. The third kappa shape index (κ3) is 9.76. The third-order valence-corrected chi connectivity index (χ3v) is 0.432. The molecule has 0 aromatic rings. The number of methoxy groups -OCH3 is 1. The SMILES string of the molecule is Br.[CH2-]CC(=O)OC.[Zn]. The maximum absolute atomic E-state index is 9.90. The molecule has 0 radical (unpaired) electrons. The summed E-state index contributed by atoms with van der Waals surface area (Å²) in [5, 5.41) is 0. The Kier molecular flexibility index (Phi) is 20.8. The van der Waals surface area contributed by atoms with Crippen molar-refractivity contribution in [3.63, 3.8) is 0 Å². The monoisotopic (exact) mass is 231 g/mol. The number of carbonyl (C=O) groups is 1. The molecule has 0 aliphatic rings. The Morgan fingerprint density at radius 3 is 2.12 bits per heavy atom. The van der Waals surface area contributed by atoms with Crippen molar-refractivity contribution in [1.29, 1.82) is 0 Å². The summed E-state index contributed by atoms with van der Waals surface area (Å²) in [5.74, 6) is -0.269. The Balaban J connectivity index is -0.000000125. The first-order valence-corrected chi connectivity index (χ1v) is 1.67. The average molecular weight is 233 g/mol. The van der Waals surface area contributed by atoms with Crippen molar-refractivity contribution in [3.8, 4) is 0 Å². The topological polar surface area (TPSA) is 26.3 Å². The van der Waals surface area contributed by atoms with Crippen molar-refractivity contribution >= 4 is 23.0 Å². The molecule has 0 aromatic heterocycles. The summed E-state index contributed by atoms with van der Waals surface area (Å²) in [6.45, 7) is 3.28. The van der Waals surface area contributed by atoms with Gasteiger partial charge in [0.15, 0.2) is 0 Å². The summed E-state index contributed by atoms with van der Waals surface area (Å²) < 4.78 is 4.20. The summed E-state index contributed by atoms with van der Waals surface area (Å²) >= 11 is 0. The van der Waals surface area contributed by atoms with Gasteiger partial charge in [-0.25, -0.2) is 0 Å². The Labute approximate surface area is 72.5 Å². The molecular formula is C4H8BrO2Zn-. The van der Waals surface area contributed by atoms with Crippen LogP contribution >= 0.6 is 17.0 Å². The molecule has 0 saturated heterocycles. The summed E-state index contributed by atoms with van der Waals surface area (Å²) in [5.41, 5.74) is 0. The van der Waals surface area contributed by atoms with Crippen molar-refractivity contribution in [2.45, 2.75) is 6.42 Å². The van der Waals surface area contributed by atoms with Gasteiger partial charge in [0.25, 0.3) is 5.97 Å². The van der Waals surface area contributed by atoms with Crippen LogP contribution in [0.5, 0.6) is 0 Å². The maximum atomic E-state index is 9.90. The largest absolute Gasteiger partial charge is 0.471 e. The molecule has 0 heterocycles. The van der Waals surface area contributed by atoms with E-state index in [1.807, 2.05) is 0 Å². The summed E-state index contributed by atoms with van der Waals surface area (Å²) in [4.78, 5) is 9.90. The van der Waals surface area contributed by atoms with Crippen LogP contribution in [0.1, 0.15) is 6.42 Å². The first-order valence-electron chi connectivity index (χ1n) is 1.67. The van der Waals surface area contributed by atoms with E-state index in [1.165, 1.54) is 7.11 Å². The van der Waals surface area contributed by atoms with E-state index in [0.717, 1.165) is 0 Å². The van der Waals surface area contributed by atoms with Crippen molar-refractivity contribution < 1.29 is 29.0 Å². The second-order valence-corrected chi connectivity index (χ2v) is 0.826. The Morgan fingerprint density at radius 1 is 1.75 bits per heavy atom. The summed E-state index contributed by atoms with van der Waals surface area (Å²) in [7, 11) is 1.34. The first-order chi connectivity index (χ1) is 2.81. The van der Waals surface area contributed by atoms with Crippen LogP contribution in [-0.2, 0) is 29.0 Å². The van der Waals surface area contributed by atoms with Gasteiger partial charge in [0.05, 0.1) is 7.11 Å². The number of ether oxygens (including phenoxy) is 1. The standard InChI is InChI=1S/C4H7O2.BrH.Zn/c1-3-4(5)6-2;;/h1,3H2,2H3;1H;/q-1;;. The molecule has 4 heteroatoms. The molecule has 0 N–H and O–H groups in total. The van der Waals surface area contributed by atoms with Gasteiger partial charge in [-0.3, -0.25) is 4.79 Å². The summed E-state index contributed by atoms with van der Waals surface area (Å²) in [6.07, 6.45) is 0.219. The Bertz CT molecular complexity index is 52.0. The molecule has 0 fully saturated rings. The normalized spacial score (nSPS) is 5.75. The van der Waals surface area contributed by atoms with Crippen molar-refractivity contribution in [2.75, 3.05) is 7.11 Å². The van der Waals surface area contributed by atoms with Gasteiger partial charge >= 0.3 is 0 Å². The zero-order chi connectivity index (χ0) is 4.99. The van der Waals surface area contributed by atoms with Gasteiger partial charge in [0.1, 0.15) is 0 Å².